The predicted octanol–water partition coefficient (Wildman–Crippen LogP) is 9.26. The van der Waals surface area contributed by atoms with Crippen LogP contribution in [0.15, 0.2) is 35.8 Å². The first-order valence-corrected chi connectivity index (χ1v) is 17.8. The van der Waals surface area contributed by atoms with E-state index in [9.17, 15) is 19.2 Å². The summed E-state index contributed by atoms with van der Waals surface area (Å²) in [4.78, 5) is 54.1. The lowest BCUT2D eigenvalue weighted by Gasteiger charge is -2.14. The van der Waals surface area contributed by atoms with Gasteiger partial charge >= 0.3 is 0 Å². The van der Waals surface area contributed by atoms with E-state index in [1.54, 1.807) is 0 Å². The topological polar surface area (TPSA) is 84.0 Å². The SMILES string of the molecule is O=C1c2c(Br)c(Br)c(Br)c(Br)c2C(=O)N1CCCCOCCCCN1C(=O)c2c(Br)c(Br)c(Br)c(Br)c2C1=O. The van der Waals surface area contributed by atoms with Gasteiger partial charge in [-0.25, -0.2) is 0 Å². The molecule has 2 heterocycles. The highest BCUT2D eigenvalue weighted by Crippen LogP contribution is 2.46. The maximum absolute atomic E-state index is 12.9. The fraction of sp³-hybridized carbons (Fsp3) is 0.333. The summed E-state index contributed by atoms with van der Waals surface area (Å²) in [5, 5.41) is 0. The summed E-state index contributed by atoms with van der Waals surface area (Å²) in [5.74, 6) is -1.32. The Morgan fingerprint density at radius 2 is 0.667 bits per heavy atom. The fourth-order valence-corrected chi connectivity index (χ4v) is 9.16. The predicted molar refractivity (Wildman–Crippen MR) is 175 cm³/mol. The first-order valence-electron chi connectivity index (χ1n) is 11.4. The zero-order valence-corrected chi connectivity index (χ0v) is 32.3. The minimum absolute atomic E-state index is 0.293. The summed E-state index contributed by atoms with van der Waals surface area (Å²) >= 11 is 27.4. The Kier molecular flexibility index (Phi) is 11.2. The van der Waals surface area contributed by atoms with Crippen molar-refractivity contribution in [2.75, 3.05) is 26.3 Å². The van der Waals surface area contributed by atoms with Crippen LogP contribution in [0, 0.1) is 0 Å². The van der Waals surface area contributed by atoms with Crippen molar-refractivity contribution in [3.63, 3.8) is 0 Å². The number of hydrogen-bond donors (Lipinski definition) is 0. The van der Waals surface area contributed by atoms with Crippen LogP contribution in [0.4, 0.5) is 0 Å². The summed E-state index contributed by atoms with van der Waals surface area (Å²) in [6.45, 7) is 1.53. The molecule has 2 aliphatic rings. The third kappa shape index (κ3) is 6.00. The molecule has 208 valence electrons. The first-order chi connectivity index (χ1) is 18.4. The molecule has 0 fully saturated rings. The largest absolute Gasteiger partial charge is 0.381 e. The molecular weight excluding hydrogens is 1040 g/mol. The number of benzene rings is 2. The van der Waals surface area contributed by atoms with Gasteiger partial charge in [-0.3, -0.25) is 29.0 Å². The van der Waals surface area contributed by atoms with Crippen LogP contribution >= 0.6 is 127 Å². The van der Waals surface area contributed by atoms with E-state index in [1.165, 1.54) is 9.80 Å². The molecule has 0 saturated heterocycles. The van der Waals surface area contributed by atoms with Crippen LogP contribution in [-0.4, -0.2) is 59.7 Å². The average molecular weight is 1050 g/mol. The number of hydrogen-bond acceptors (Lipinski definition) is 5. The van der Waals surface area contributed by atoms with Gasteiger partial charge in [-0.1, -0.05) is 0 Å². The number of carbonyl (C=O) groups excluding carboxylic acids is 4. The van der Waals surface area contributed by atoms with Crippen molar-refractivity contribution in [3.05, 3.63) is 58.0 Å². The molecule has 2 aliphatic heterocycles. The van der Waals surface area contributed by atoms with Gasteiger partial charge in [0.15, 0.2) is 0 Å². The number of ether oxygens (including phenoxy) is 1. The smallest absolute Gasteiger partial charge is 0.262 e. The van der Waals surface area contributed by atoms with E-state index in [4.69, 9.17) is 4.74 Å². The number of rotatable bonds is 10. The molecule has 0 saturated carbocycles. The summed E-state index contributed by atoms with van der Waals surface area (Å²) in [6.07, 6.45) is 2.56. The van der Waals surface area contributed by atoms with Gasteiger partial charge in [0.05, 0.1) is 22.3 Å². The summed E-state index contributed by atoms with van der Waals surface area (Å²) in [6, 6.07) is 0. The number of imide groups is 2. The van der Waals surface area contributed by atoms with Crippen LogP contribution in [-0.2, 0) is 4.74 Å². The molecule has 2 aromatic rings. The Balaban J connectivity index is 1.19. The zero-order chi connectivity index (χ0) is 28.8. The standard InChI is InChI=1S/C24H16Br8N2O5/c25-13-9-10(14(26)18(30)17(13)29)22(36)33(21(9)35)5-1-3-7-39-8-4-2-6-34-23(37)11-12(24(34)38)16(28)20(32)19(31)15(11)27/h1-8H2. The van der Waals surface area contributed by atoms with E-state index in [1.807, 2.05) is 0 Å². The van der Waals surface area contributed by atoms with E-state index in [0.717, 1.165) is 0 Å². The second kappa shape index (κ2) is 13.4. The molecule has 4 amide bonds. The highest BCUT2D eigenvalue weighted by atomic mass is 79.9. The molecule has 0 N–H and O–H groups in total. The van der Waals surface area contributed by atoms with Gasteiger partial charge in [0.2, 0.25) is 0 Å². The van der Waals surface area contributed by atoms with Gasteiger partial charge in [0.1, 0.15) is 0 Å². The molecular formula is C24H16Br8N2O5. The maximum atomic E-state index is 12.9. The molecule has 7 nitrogen and oxygen atoms in total. The molecule has 0 bridgehead atoms. The molecule has 0 radical (unpaired) electrons. The van der Waals surface area contributed by atoms with Gasteiger partial charge in [-0.2, -0.15) is 0 Å². The Morgan fingerprint density at radius 3 is 0.923 bits per heavy atom. The molecule has 2 aromatic carbocycles. The van der Waals surface area contributed by atoms with Crippen LogP contribution in [0.1, 0.15) is 67.1 Å². The Morgan fingerprint density at radius 1 is 0.410 bits per heavy atom. The first kappa shape index (κ1) is 32.4. The molecule has 4 rings (SSSR count). The van der Waals surface area contributed by atoms with Gasteiger partial charge < -0.3 is 4.74 Å². The number of carbonyl (C=O) groups is 4. The van der Waals surface area contributed by atoms with Crippen molar-refractivity contribution >= 4 is 151 Å². The summed E-state index contributed by atoms with van der Waals surface area (Å²) < 4.78 is 10.5. The highest BCUT2D eigenvalue weighted by molar-refractivity contribution is 9.15. The summed E-state index contributed by atoms with van der Waals surface area (Å²) in [7, 11) is 0. The molecule has 0 aliphatic carbocycles. The lowest BCUT2D eigenvalue weighted by molar-refractivity contribution is 0.0636. The van der Waals surface area contributed by atoms with Crippen LogP contribution < -0.4 is 0 Å². The van der Waals surface area contributed by atoms with E-state index >= 15 is 0 Å². The molecule has 0 unspecified atom stereocenters. The second-order valence-corrected chi connectivity index (χ2v) is 14.9. The number of nitrogens with zero attached hydrogens (tertiary/aromatic N) is 2. The number of halogens is 8. The van der Waals surface area contributed by atoms with Crippen LogP contribution in [0.25, 0.3) is 0 Å². The van der Waals surface area contributed by atoms with E-state index in [-0.39, 0.29) is 23.6 Å². The lowest BCUT2D eigenvalue weighted by atomic mass is 10.1. The van der Waals surface area contributed by atoms with Crippen LogP contribution in [0.5, 0.6) is 0 Å². The van der Waals surface area contributed by atoms with Crippen molar-refractivity contribution in [2.45, 2.75) is 25.7 Å². The maximum Gasteiger partial charge on any atom is 0.262 e. The van der Waals surface area contributed by atoms with Crippen LogP contribution in [0.3, 0.4) is 0 Å². The second-order valence-electron chi connectivity index (χ2n) is 8.56. The highest BCUT2D eigenvalue weighted by Gasteiger charge is 2.41. The lowest BCUT2D eigenvalue weighted by Crippen LogP contribution is -2.31. The number of fused-ring (bicyclic) bond motifs is 2. The van der Waals surface area contributed by atoms with E-state index in [0.29, 0.717) is 110 Å². The van der Waals surface area contributed by atoms with Gasteiger partial charge in [0.25, 0.3) is 23.6 Å². The minimum Gasteiger partial charge on any atom is -0.381 e. The van der Waals surface area contributed by atoms with Crippen molar-refractivity contribution in [3.8, 4) is 0 Å². The molecule has 0 aromatic heterocycles. The molecule has 0 spiro atoms. The third-order valence-corrected chi connectivity index (χ3v) is 15.7. The van der Waals surface area contributed by atoms with E-state index in [2.05, 4.69) is 127 Å². The van der Waals surface area contributed by atoms with Gasteiger partial charge in [-0.15, -0.1) is 0 Å². The Bertz CT molecular complexity index is 1230. The monoisotopic (exact) mass is 1040 g/mol. The van der Waals surface area contributed by atoms with Crippen LogP contribution in [0.2, 0.25) is 0 Å². The van der Waals surface area contributed by atoms with Crippen molar-refractivity contribution in [2.24, 2.45) is 0 Å². The van der Waals surface area contributed by atoms with Crippen molar-refractivity contribution < 1.29 is 23.9 Å². The van der Waals surface area contributed by atoms with Crippen molar-refractivity contribution in [1.82, 2.24) is 9.80 Å². The molecule has 15 heteroatoms. The molecule has 39 heavy (non-hydrogen) atoms. The fourth-order valence-electron chi connectivity index (χ4n) is 4.25. The Hall–Kier alpha value is 0.520. The molecule has 0 atom stereocenters. The van der Waals surface area contributed by atoms with E-state index < -0.39 is 0 Å². The Labute approximate surface area is 291 Å². The van der Waals surface area contributed by atoms with Gasteiger partial charge in [0, 0.05) is 62.1 Å². The third-order valence-electron chi connectivity index (χ3n) is 6.21. The van der Waals surface area contributed by atoms with Gasteiger partial charge in [-0.05, 0) is 153 Å². The zero-order valence-electron chi connectivity index (χ0n) is 19.6. The number of amides is 4. The van der Waals surface area contributed by atoms with Crippen molar-refractivity contribution in [1.29, 1.82) is 0 Å². The summed E-state index contributed by atoms with van der Waals surface area (Å²) in [5.41, 5.74) is 1.37. The normalized spacial score (nSPS) is 14.7. The number of unbranched alkanes of at least 4 members (excludes halogenated alkanes) is 2. The minimum atomic E-state index is -0.330. The average Bonchev–Trinajstić information content (AvgIpc) is 3.31. The quantitative estimate of drug-likeness (QED) is 0.103.